The van der Waals surface area contributed by atoms with Gasteiger partial charge in [0.2, 0.25) is 5.91 Å². The van der Waals surface area contributed by atoms with Crippen LogP contribution in [0.25, 0.3) is 0 Å². The first-order chi connectivity index (χ1) is 8.03. The number of amides is 1. The normalized spacial score (nSPS) is 19.1. The summed E-state index contributed by atoms with van der Waals surface area (Å²) < 4.78 is 0. The molecule has 0 aromatic heterocycles. The predicted octanol–water partition coefficient (Wildman–Crippen LogP) is 0.812. The van der Waals surface area contributed by atoms with Crippen LogP contribution in [0, 0.1) is 6.92 Å². The van der Waals surface area contributed by atoms with Gasteiger partial charge in [0.15, 0.2) is 0 Å². The highest BCUT2D eigenvalue weighted by atomic mass is 16.3. The quantitative estimate of drug-likeness (QED) is 0.796. The molecule has 17 heavy (non-hydrogen) atoms. The van der Waals surface area contributed by atoms with Crippen molar-refractivity contribution in [1.29, 1.82) is 0 Å². The van der Waals surface area contributed by atoms with Crippen molar-refractivity contribution in [3.8, 4) is 0 Å². The third-order valence-electron chi connectivity index (χ3n) is 3.51. The third kappa shape index (κ3) is 2.26. The van der Waals surface area contributed by atoms with E-state index in [4.69, 9.17) is 5.73 Å². The standard InChI is InChI=1S/C13H18N2O2/c1-10-4-2-3-5-11(10)15-8-6-13(17,7-9-15)12(14)16/h2-5,17H,6-9H2,1H3,(H2,14,16). The maximum Gasteiger partial charge on any atom is 0.249 e. The van der Waals surface area contributed by atoms with Crippen LogP contribution in [0.1, 0.15) is 18.4 Å². The minimum atomic E-state index is -1.32. The molecule has 1 aromatic rings. The van der Waals surface area contributed by atoms with Gasteiger partial charge >= 0.3 is 0 Å². The molecule has 1 aliphatic rings. The van der Waals surface area contributed by atoms with Gasteiger partial charge in [0.05, 0.1) is 0 Å². The number of carbonyl (C=O) groups excluding carboxylic acids is 1. The van der Waals surface area contributed by atoms with Gasteiger partial charge in [-0.2, -0.15) is 0 Å². The van der Waals surface area contributed by atoms with Crippen LogP contribution in [0.2, 0.25) is 0 Å². The third-order valence-corrected chi connectivity index (χ3v) is 3.51. The molecule has 1 aromatic carbocycles. The number of nitrogens with zero attached hydrogens (tertiary/aromatic N) is 1. The lowest BCUT2D eigenvalue weighted by Crippen LogP contribution is -2.52. The van der Waals surface area contributed by atoms with Gasteiger partial charge in [-0.25, -0.2) is 0 Å². The van der Waals surface area contributed by atoms with E-state index < -0.39 is 11.5 Å². The van der Waals surface area contributed by atoms with Crippen LogP contribution in [0.5, 0.6) is 0 Å². The number of rotatable bonds is 2. The van der Waals surface area contributed by atoms with E-state index in [1.165, 1.54) is 11.3 Å². The van der Waals surface area contributed by atoms with Crippen LogP contribution in [0.3, 0.4) is 0 Å². The second-order valence-corrected chi connectivity index (χ2v) is 4.67. The Hall–Kier alpha value is -1.55. The topological polar surface area (TPSA) is 66.6 Å². The van der Waals surface area contributed by atoms with Crippen molar-refractivity contribution in [2.24, 2.45) is 5.73 Å². The summed E-state index contributed by atoms with van der Waals surface area (Å²) in [5.41, 5.74) is 6.26. The van der Waals surface area contributed by atoms with Crippen LogP contribution in [0.15, 0.2) is 24.3 Å². The lowest BCUT2D eigenvalue weighted by Gasteiger charge is -2.37. The lowest BCUT2D eigenvalue weighted by atomic mass is 9.90. The van der Waals surface area contributed by atoms with E-state index in [0.717, 1.165) is 0 Å². The van der Waals surface area contributed by atoms with E-state index in [1.54, 1.807) is 0 Å². The van der Waals surface area contributed by atoms with Gasteiger partial charge in [0.1, 0.15) is 5.60 Å². The van der Waals surface area contributed by atoms with E-state index in [2.05, 4.69) is 24.0 Å². The van der Waals surface area contributed by atoms with Crippen LogP contribution in [0.4, 0.5) is 5.69 Å². The smallest absolute Gasteiger partial charge is 0.249 e. The van der Waals surface area contributed by atoms with Crippen molar-refractivity contribution >= 4 is 11.6 Å². The Labute approximate surface area is 101 Å². The average Bonchev–Trinajstić information content (AvgIpc) is 2.31. The monoisotopic (exact) mass is 234 g/mol. The number of carbonyl (C=O) groups is 1. The average molecular weight is 234 g/mol. The van der Waals surface area contributed by atoms with Crippen LogP contribution in [-0.4, -0.2) is 29.7 Å². The molecular weight excluding hydrogens is 216 g/mol. The van der Waals surface area contributed by atoms with E-state index in [-0.39, 0.29) is 0 Å². The first-order valence-corrected chi connectivity index (χ1v) is 5.86. The SMILES string of the molecule is Cc1ccccc1N1CCC(O)(C(N)=O)CC1. The summed E-state index contributed by atoms with van der Waals surface area (Å²) in [5, 5.41) is 9.98. The molecule has 92 valence electrons. The number of aryl methyl sites for hydroxylation is 1. The number of benzene rings is 1. The number of aliphatic hydroxyl groups is 1. The highest BCUT2D eigenvalue weighted by Gasteiger charge is 2.37. The molecule has 1 aliphatic heterocycles. The summed E-state index contributed by atoms with van der Waals surface area (Å²) in [6.07, 6.45) is 0.799. The fourth-order valence-electron chi connectivity index (χ4n) is 2.28. The Morgan fingerprint density at radius 1 is 1.35 bits per heavy atom. The number of primary amides is 1. The summed E-state index contributed by atoms with van der Waals surface area (Å²) in [4.78, 5) is 13.3. The van der Waals surface area contributed by atoms with Gasteiger partial charge in [-0.3, -0.25) is 4.79 Å². The molecule has 0 atom stereocenters. The Morgan fingerprint density at radius 3 is 2.47 bits per heavy atom. The highest BCUT2D eigenvalue weighted by Crippen LogP contribution is 2.27. The van der Waals surface area contributed by atoms with Crippen molar-refractivity contribution < 1.29 is 9.90 Å². The second kappa shape index (κ2) is 4.37. The van der Waals surface area contributed by atoms with Crippen molar-refractivity contribution in [3.05, 3.63) is 29.8 Å². The molecule has 0 bridgehead atoms. The van der Waals surface area contributed by atoms with Crippen LogP contribution >= 0.6 is 0 Å². The molecule has 1 fully saturated rings. The molecule has 4 heteroatoms. The zero-order valence-corrected chi connectivity index (χ0v) is 10.0. The largest absolute Gasteiger partial charge is 0.380 e. The summed E-state index contributed by atoms with van der Waals surface area (Å²) in [6.45, 7) is 3.37. The van der Waals surface area contributed by atoms with Crippen molar-refractivity contribution in [2.45, 2.75) is 25.4 Å². The van der Waals surface area contributed by atoms with Gasteiger partial charge in [0, 0.05) is 31.6 Å². The Balaban J connectivity index is 2.10. The number of nitrogens with two attached hydrogens (primary N) is 1. The fraction of sp³-hybridized carbons (Fsp3) is 0.462. The minimum absolute atomic E-state index is 0.399. The van der Waals surface area contributed by atoms with Gasteiger partial charge in [-0.05, 0) is 18.6 Å². The van der Waals surface area contributed by atoms with Gasteiger partial charge < -0.3 is 15.7 Å². The molecule has 0 spiro atoms. The summed E-state index contributed by atoms with van der Waals surface area (Å²) in [7, 11) is 0. The molecule has 1 saturated heterocycles. The van der Waals surface area contributed by atoms with Crippen molar-refractivity contribution in [1.82, 2.24) is 0 Å². The van der Waals surface area contributed by atoms with Crippen LogP contribution in [-0.2, 0) is 4.79 Å². The van der Waals surface area contributed by atoms with Crippen molar-refractivity contribution in [2.75, 3.05) is 18.0 Å². The fourth-order valence-corrected chi connectivity index (χ4v) is 2.28. The molecular formula is C13H18N2O2. The zero-order chi connectivity index (χ0) is 12.5. The minimum Gasteiger partial charge on any atom is -0.380 e. The van der Waals surface area contributed by atoms with Gasteiger partial charge in [0.25, 0.3) is 0 Å². The first-order valence-electron chi connectivity index (χ1n) is 5.86. The van der Waals surface area contributed by atoms with E-state index >= 15 is 0 Å². The molecule has 1 heterocycles. The number of hydrogen-bond donors (Lipinski definition) is 2. The molecule has 1 amide bonds. The molecule has 4 nitrogen and oxygen atoms in total. The predicted molar refractivity (Wildman–Crippen MR) is 66.8 cm³/mol. The first kappa shape index (κ1) is 11.9. The van der Waals surface area contributed by atoms with Gasteiger partial charge in [-0.15, -0.1) is 0 Å². The maximum absolute atomic E-state index is 11.1. The molecule has 0 unspecified atom stereocenters. The highest BCUT2D eigenvalue weighted by molar-refractivity contribution is 5.83. The van der Waals surface area contributed by atoms with E-state index in [9.17, 15) is 9.90 Å². The molecule has 0 radical (unpaired) electrons. The Bertz CT molecular complexity index is 423. The number of para-hydroxylation sites is 1. The zero-order valence-electron chi connectivity index (χ0n) is 10.0. The van der Waals surface area contributed by atoms with E-state index in [0.29, 0.717) is 25.9 Å². The molecule has 0 saturated carbocycles. The number of anilines is 1. The Kier molecular flexibility index (Phi) is 3.07. The van der Waals surface area contributed by atoms with Crippen LogP contribution < -0.4 is 10.6 Å². The molecule has 2 rings (SSSR count). The van der Waals surface area contributed by atoms with Gasteiger partial charge in [-0.1, -0.05) is 18.2 Å². The maximum atomic E-state index is 11.1. The Morgan fingerprint density at radius 2 is 1.94 bits per heavy atom. The summed E-state index contributed by atoms with van der Waals surface area (Å²) in [6, 6.07) is 8.12. The second-order valence-electron chi connectivity index (χ2n) is 4.67. The molecule has 0 aliphatic carbocycles. The molecule has 3 N–H and O–H groups in total. The lowest BCUT2D eigenvalue weighted by molar-refractivity contribution is -0.138. The number of hydrogen-bond acceptors (Lipinski definition) is 3. The van der Waals surface area contributed by atoms with Crippen molar-refractivity contribution in [3.63, 3.8) is 0 Å². The summed E-state index contributed by atoms with van der Waals surface area (Å²) >= 11 is 0. The summed E-state index contributed by atoms with van der Waals surface area (Å²) in [5.74, 6) is -0.609. The van der Waals surface area contributed by atoms with E-state index in [1.807, 2.05) is 12.1 Å². The number of piperidine rings is 1.